The van der Waals surface area contributed by atoms with Crippen LogP contribution >= 0.6 is 0 Å². The number of allylic oxidation sites excluding steroid dienone is 5. The summed E-state index contributed by atoms with van der Waals surface area (Å²) in [4.78, 5) is 9.67. The zero-order chi connectivity index (χ0) is 53.5. The highest BCUT2D eigenvalue weighted by Crippen LogP contribution is 2.60. The van der Waals surface area contributed by atoms with Gasteiger partial charge >= 0.3 is 0 Å². The number of hydrogen-bond donors (Lipinski definition) is 0. The van der Waals surface area contributed by atoms with Crippen LogP contribution in [0.4, 0.5) is 70.2 Å². The number of hydrogen-bond acceptors (Lipinski definition) is 8. The topological polar surface area (TPSA) is 147 Å². The average molecular weight is 1030 g/mol. The molecule has 1 unspecified atom stereocenters. The van der Waals surface area contributed by atoms with Gasteiger partial charge in [-0.15, -0.1) is 0 Å². The van der Waals surface area contributed by atoms with Crippen molar-refractivity contribution in [1.29, 1.82) is 21.0 Å². The molecule has 74 heavy (non-hydrogen) atoms. The van der Waals surface area contributed by atoms with E-state index in [4.69, 9.17) is 0 Å². The van der Waals surface area contributed by atoms with Gasteiger partial charge in [0.15, 0.2) is 46.5 Å². The van der Waals surface area contributed by atoms with Crippen LogP contribution in [0, 0.1) is 139 Å². The van der Waals surface area contributed by atoms with Gasteiger partial charge in [-0.2, -0.15) is 76.1 Å². The van der Waals surface area contributed by atoms with Crippen molar-refractivity contribution >= 4 is 33.4 Å². The highest BCUT2D eigenvalue weighted by molar-refractivity contribution is 6.31. The summed E-state index contributed by atoms with van der Waals surface area (Å²) in [6, 6.07) is 16.2. The van der Waals surface area contributed by atoms with Crippen LogP contribution in [0.1, 0.15) is 78.6 Å². The maximum Gasteiger partial charge on any atom is 0.252 e. The number of fused-ring (bicyclic) bond motifs is 2. The van der Waals surface area contributed by atoms with Gasteiger partial charge in [0, 0.05) is 45.2 Å². The molecule has 4 aromatic heterocycles. The normalized spacial score (nSPS) is 13.7. The first-order chi connectivity index (χ1) is 35.2. The molecule has 2 aliphatic carbocycles. The predicted molar refractivity (Wildman–Crippen MR) is 220 cm³/mol. The van der Waals surface area contributed by atoms with E-state index in [0.717, 1.165) is 48.5 Å². The number of rotatable bonds is 7. The van der Waals surface area contributed by atoms with Gasteiger partial charge in [0.05, 0.1) is 45.5 Å². The van der Waals surface area contributed by atoms with Crippen molar-refractivity contribution in [3.05, 3.63) is 222 Å². The van der Waals surface area contributed by atoms with Crippen LogP contribution in [-0.4, -0.2) is 19.9 Å². The molecular formula is C50H12F16N8. The Morgan fingerprint density at radius 1 is 0.405 bits per heavy atom. The standard InChI is InChI=1S/C50H12F16N8/c51-35-31(36(52)44(60)71-43(35)59)29(32-37(53)45(61)72-46(62)38(32)54)27-21-10-20-22(9-19(21)23(13-69)25(27)17-5-1-15(11-67)2-6-17)28(26(24(20)14-70)18-7-3-16(12-68)4-8-18)30(33-39(55)47(63)73-48(64)40(33)56)34-41(57)49(65)74-50(66)42(34)58/h1-10,27,29H. The Bertz CT molecular complexity index is 3740. The Hall–Kier alpha value is -9.68. The predicted octanol–water partition coefficient (Wildman–Crippen LogP) is 12.0. The molecule has 0 saturated carbocycles. The number of nitriles is 4. The van der Waals surface area contributed by atoms with Gasteiger partial charge in [-0.3, -0.25) is 0 Å². The summed E-state index contributed by atoms with van der Waals surface area (Å²) in [5, 5.41) is 41.1. The first kappa shape index (κ1) is 49.3. The molecule has 0 fully saturated rings. The Morgan fingerprint density at radius 2 is 0.770 bits per heavy atom. The van der Waals surface area contributed by atoms with E-state index in [1.165, 1.54) is 0 Å². The summed E-state index contributed by atoms with van der Waals surface area (Å²) in [7, 11) is 0. The number of pyridine rings is 4. The smallest absolute Gasteiger partial charge is 0.201 e. The summed E-state index contributed by atoms with van der Waals surface area (Å²) >= 11 is 0. The number of aromatic nitrogens is 4. The molecule has 0 radical (unpaired) electrons. The van der Waals surface area contributed by atoms with Gasteiger partial charge in [-0.1, -0.05) is 24.3 Å². The highest BCUT2D eigenvalue weighted by atomic mass is 19.2. The van der Waals surface area contributed by atoms with Crippen LogP contribution in [0.2, 0.25) is 0 Å². The Balaban J connectivity index is 1.55. The zero-order valence-corrected chi connectivity index (χ0v) is 35.6. The maximum absolute atomic E-state index is 16.3. The SMILES string of the molecule is N#CC1=C(c2ccc(C#N)cc2)C(=C(c2c(F)c(F)nc(F)c2F)c2c(F)c(F)nc(F)c2F)c2cc3c(cc21)C(C(c1c(F)c(F)nc(F)c1F)c1c(F)c(F)nc(F)c1F)C(c1ccc(C#N)cc1)=C3C#N. The summed E-state index contributed by atoms with van der Waals surface area (Å²) in [6.07, 6.45) is 0. The lowest BCUT2D eigenvalue weighted by Crippen LogP contribution is -2.23. The Morgan fingerprint density at radius 3 is 1.14 bits per heavy atom. The van der Waals surface area contributed by atoms with Gasteiger partial charge in [-0.25, -0.2) is 35.1 Å². The summed E-state index contributed by atoms with van der Waals surface area (Å²) < 4.78 is 252. The van der Waals surface area contributed by atoms with E-state index in [-0.39, 0.29) is 16.7 Å². The molecule has 0 aliphatic heterocycles. The van der Waals surface area contributed by atoms with Crippen molar-refractivity contribution in [2.45, 2.75) is 11.8 Å². The van der Waals surface area contributed by atoms with Crippen molar-refractivity contribution in [2.24, 2.45) is 0 Å². The van der Waals surface area contributed by atoms with E-state index in [2.05, 4.69) is 19.9 Å². The molecule has 0 bridgehead atoms. The van der Waals surface area contributed by atoms with Crippen molar-refractivity contribution < 1.29 is 70.2 Å². The van der Waals surface area contributed by atoms with Gasteiger partial charge in [0.25, 0.3) is 47.6 Å². The third kappa shape index (κ3) is 7.37. The van der Waals surface area contributed by atoms with Crippen LogP contribution in [0.15, 0.2) is 60.7 Å². The van der Waals surface area contributed by atoms with Crippen LogP contribution in [0.25, 0.3) is 33.4 Å². The van der Waals surface area contributed by atoms with E-state index in [9.17, 15) is 21.0 Å². The van der Waals surface area contributed by atoms with Crippen molar-refractivity contribution in [3.63, 3.8) is 0 Å². The molecule has 9 rings (SSSR count). The van der Waals surface area contributed by atoms with Gasteiger partial charge in [0.2, 0.25) is 0 Å². The lowest BCUT2D eigenvalue weighted by Gasteiger charge is -2.30. The third-order valence-corrected chi connectivity index (χ3v) is 12.0. The Kier molecular flexibility index (Phi) is 12.1. The van der Waals surface area contributed by atoms with Crippen molar-refractivity contribution in [3.8, 4) is 24.3 Å². The van der Waals surface area contributed by atoms with E-state index >= 15 is 70.2 Å². The van der Waals surface area contributed by atoms with Gasteiger partial charge in [0.1, 0.15) is 12.1 Å². The van der Waals surface area contributed by atoms with Crippen LogP contribution in [-0.2, 0) is 0 Å². The fourth-order valence-corrected chi connectivity index (χ4v) is 9.06. The summed E-state index contributed by atoms with van der Waals surface area (Å²) in [6.45, 7) is 0. The third-order valence-electron chi connectivity index (χ3n) is 12.0. The number of halogens is 16. The second-order valence-corrected chi connectivity index (χ2v) is 15.7. The molecule has 0 N–H and O–H groups in total. The molecule has 0 amide bonds. The van der Waals surface area contributed by atoms with Crippen LogP contribution in [0.5, 0.6) is 0 Å². The minimum Gasteiger partial charge on any atom is -0.201 e. The van der Waals surface area contributed by atoms with Gasteiger partial charge in [-0.05, 0) is 69.8 Å². The molecule has 3 aromatic carbocycles. The average Bonchev–Trinajstić information content (AvgIpc) is 3.88. The monoisotopic (exact) mass is 1030 g/mol. The minimum atomic E-state index is -3.17. The second kappa shape index (κ2) is 18.2. The molecule has 24 heteroatoms. The van der Waals surface area contributed by atoms with Crippen LogP contribution in [0.3, 0.4) is 0 Å². The first-order valence-corrected chi connectivity index (χ1v) is 20.2. The van der Waals surface area contributed by atoms with Gasteiger partial charge < -0.3 is 0 Å². The van der Waals surface area contributed by atoms with Crippen LogP contribution < -0.4 is 0 Å². The molecule has 0 spiro atoms. The molecule has 8 nitrogen and oxygen atoms in total. The molecular weight excluding hydrogens is 1020 g/mol. The molecule has 2 aliphatic rings. The van der Waals surface area contributed by atoms with E-state index < -0.39 is 189 Å². The lowest BCUT2D eigenvalue weighted by atomic mass is 9.73. The van der Waals surface area contributed by atoms with Crippen molar-refractivity contribution in [2.75, 3.05) is 0 Å². The summed E-state index contributed by atoms with van der Waals surface area (Å²) in [5.41, 5.74) is -19.1. The zero-order valence-electron chi connectivity index (χ0n) is 35.6. The molecule has 4 heterocycles. The highest BCUT2D eigenvalue weighted by Gasteiger charge is 2.48. The molecule has 364 valence electrons. The largest absolute Gasteiger partial charge is 0.252 e. The number of nitrogens with zero attached hydrogens (tertiary/aromatic N) is 8. The Labute approximate surface area is 401 Å². The second-order valence-electron chi connectivity index (χ2n) is 15.7. The van der Waals surface area contributed by atoms with Crippen molar-refractivity contribution in [1.82, 2.24) is 19.9 Å². The fraction of sp³-hybridized carbons (Fsp3) is 0.0400. The summed E-state index contributed by atoms with van der Waals surface area (Å²) in [5.74, 6) is -46.4. The van der Waals surface area contributed by atoms with E-state index in [0.29, 0.717) is 12.1 Å². The fourth-order valence-electron chi connectivity index (χ4n) is 9.06. The molecule has 7 aromatic rings. The first-order valence-electron chi connectivity index (χ1n) is 20.2. The minimum absolute atomic E-state index is 0.144. The number of benzene rings is 3. The quantitative estimate of drug-likeness (QED) is 0.113. The van der Waals surface area contributed by atoms with E-state index in [1.807, 2.05) is 0 Å². The maximum atomic E-state index is 16.3. The molecule has 0 saturated heterocycles. The van der Waals surface area contributed by atoms with E-state index in [1.54, 1.807) is 24.3 Å². The molecule has 1 atom stereocenters. The lowest BCUT2D eigenvalue weighted by molar-refractivity contribution is 0.369.